The van der Waals surface area contributed by atoms with E-state index in [1.807, 2.05) is 0 Å². The van der Waals surface area contributed by atoms with Crippen LogP contribution >= 0.6 is 15.6 Å². The summed E-state index contributed by atoms with van der Waals surface area (Å²) in [6, 6.07) is 0. The molecule has 17 nitrogen and oxygen atoms in total. The smallest absolute Gasteiger partial charge is 0.462 e. The third-order valence-electron chi connectivity index (χ3n) is 15.8. The van der Waals surface area contributed by atoms with E-state index in [1.54, 1.807) is 0 Å². The second-order valence-corrected chi connectivity index (χ2v) is 28.4. The quantitative estimate of drug-likeness (QED) is 0.0169. The lowest BCUT2D eigenvalue weighted by molar-refractivity contribution is -0.161. The molecule has 0 amide bonds. The Kier molecular flexibility index (Phi) is 70.5. The number of allylic oxidation sites excluding steroid dienone is 24. The Hall–Kier alpha value is -5.06. The Balaban J connectivity index is 5.37. The van der Waals surface area contributed by atoms with Crippen molar-refractivity contribution in [2.45, 2.75) is 316 Å². The molecule has 0 aliphatic carbocycles. The van der Waals surface area contributed by atoms with E-state index in [-0.39, 0.29) is 25.7 Å². The van der Waals surface area contributed by atoms with Crippen LogP contribution in [-0.4, -0.2) is 96.7 Å². The Morgan fingerprint density at radius 2 is 0.510 bits per heavy atom. The summed E-state index contributed by atoms with van der Waals surface area (Å²) in [6.45, 7) is 4.42. The predicted octanol–water partition coefficient (Wildman–Crippen LogP) is 22.7. The van der Waals surface area contributed by atoms with E-state index in [4.69, 9.17) is 37.0 Å². The number of carbonyl (C=O) groups is 4. The summed E-state index contributed by atoms with van der Waals surface area (Å²) in [5, 5.41) is 10.6. The number of ether oxygens (including phenoxy) is 4. The van der Waals surface area contributed by atoms with Crippen LogP contribution in [0.15, 0.2) is 146 Å². The highest BCUT2D eigenvalue weighted by atomic mass is 31.2. The van der Waals surface area contributed by atoms with Crippen LogP contribution in [0.3, 0.4) is 0 Å². The maximum Gasteiger partial charge on any atom is 0.472 e. The Bertz CT molecular complexity index is 2510. The molecule has 5 unspecified atom stereocenters. The molecule has 0 aromatic heterocycles. The molecule has 0 aliphatic heterocycles. The van der Waals surface area contributed by atoms with Crippen molar-refractivity contribution in [3.8, 4) is 0 Å². The number of unbranched alkanes of at least 4 members (excludes halogenated alkanes) is 22. The van der Waals surface area contributed by atoms with E-state index in [2.05, 4.69) is 174 Å². The third-order valence-corrected chi connectivity index (χ3v) is 17.7. The van der Waals surface area contributed by atoms with Crippen LogP contribution in [0.5, 0.6) is 0 Å². The first-order chi connectivity index (χ1) is 49.7. The summed E-state index contributed by atoms with van der Waals surface area (Å²) in [5.41, 5.74) is 0. The zero-order valence-electron chi connectivity index (χ0n) is 63.5. The minimum atomic E-state index is -4.99. The number of phosphoric acid groups is 2. The van der Waals surface area contributed by atoms with Crippen LogP contribution in [0.2, 0.25) is 0 Å². The van der Waals surface area contributed by atoms with Crippen LogP contribution < -0.4 is 0 Å². The van der Waals surface area contributed by atoms with Gasteiger partial charge in [0.15, 0.2) is 12.2 Å². The molecule has 0 saturated heterocycles. The summed E-state index contributed by atoms with van der Waals surface area (Å²) in [7, 11) is -9.98. The maximum absolute atomic E-state index is 13.1. The SMILES string of the molecule is CC/C=C\C/C=C\C/C=C\C/C=C\CCCCCCCCC(=O)OCC(COP(=O)(O)OCC(O)COP(=O)(O)OCC(COC(=O)CCCCCC/C=C\C/C=C\C/C=C\C/C=C\CC)OC(=O)CCCCCCC/C=C\CCCC)OC(=O)CCCCCCC/C=C\C/C=C\C/C=C\CC. The normalized spacial score (nSPS) is 14.7. The Morgan fingerprint density at radius 1 is 0.284 bits per heavy atom. The molecule has 0 saturated carbocycles. The minimum absolute atomic E-state index is 0.0675. The lowest BCUT2D eigenvalue weighted by Gasteiger charge is -2.21. The molecule has 102 heavy (non-hydrogen) atoms. The van der Waals surface area contributed by atoms with Gasteiger partial charge in [0.25, 0.3) is 0 Å². The third kappa shape index (κ3) is 73.3. The van der Waals surface area contributed by atoms with Gasteiger partial charge in [-0.15, -0.1) is 0 Å². The van der Waals surface area contributed by atoms with Gasteiger partial charge in [0.1, 0.15) is 19.3 Å². The van der Waals surface area contributed by atoms with E-state index in [0.717, 1.165) is 205 Å². The summed E-state index contributed by atoms with van der Waals surface area (Å²) < 4.78 is 68.5. The average Bonchev–Trinajstić information content (AvgIpc) is 0.939. The lowest BCUT2D eigenvalue weighted by atomic mass is 10.1. The lowest BCUT2D eigenvalue weighted by Crippen LogP contribution is -2.30. The van der Waals surface area contributed by atoms with Crippen molar-refractivity contribution in [1.82, 2.24) is 0 Å². The van der Waals surface area contributed by atoms with Crippen LogP contribution in [0.25, 0.3) is 0 Å². The number of esters is 4. The Morgan fingerprint density at radius 3 is 0.794 bits per heavy atom. The van der Waals surface area contributed by atoms with Crippen molar-refractivity contribution in [2.24, 2.45) is 0 Å². The number of aliphatic hydroxyl groups is 1. The van der Waals surface area contributed by atoms with E-state index < -0.39 is 97.5 Å². The fourth-order valence-corrected chi connectivity index (χ4v) is 11.5. The van der Waals surface area contributed by atoms with E-state index >= 15 is 0 Å². The van der Waals surface area contributed by atoms with E-state index in [1.165, 1.54) is 12.8 Å². The highest BCUT2D eigenvalue weighted by molar-refractivity contribution is 7.47. The van der Waals surface area contributed by atoms with Crippen LogP contribution in [0.1, 0.15) is 297 Å². The summed E-state index contributed by atoms with van der Waals surface area (Å²) in [4.78, 5) is 72.9. The van der Waals surface area contributed by atoms with Gasteiger partial charge in [0, 0.05) is 25.7 Å². The molecule has 0 aromatic rings. The fraction of sp³-hybridized carbons (Fsp3) is 0.663. The molecule has 582 valence electrons. The molecule has 0 radical (unpaired) electrons. The van der Waals surface area contributed by atoms with Gasteiger partial charge in [-0.2, -0.15) is 0 Å². The number of carbonyl (C=O) groups excluding carboxylic acids is 4. The second-order valence-electron chi connectivity index (χ2n) is 25.5. The summed E-state index contributed by atoms with van der Waals surface area (Å²) in [5.74, 6) is -2.25. The maximum atomic E-state index is 13.1. The molecule has 3 N–H and O–H groups in total. The van der Waals surface area contributed by atoms with Crippen molar-refractivity contribution in [3.05, 3.63) is 146 Å². The zero-order valence-corrected chi connectivity index (χ0v) is 65.3. The number of aliphatic hydroxyl groups excluding tert-OH is 1. The second kappa shape index (κ2) is 74.2. The molecule has 0 rings (SSSR count). The topological polar surface area (TPSA) is 237 Å². The molecular weight excluding hydrogens is 1330 g/mol. The first-order valence-corrected chi connectivity index (χ1v) is 42.1. The van der Waals surface area contributed by atoms with Crippen LogP contribution in [0.4, 0.5) is 0 Å². The van der Waals surface area contributed by atoms with Gasteiger partial charge in [0.05, 0.1) is 26.4 Å². The highest BCUT2D eigenvalue weighted by Crippen LogP contribution is 2.45. The van der Waals surface area contributed by atoms with Crippen LogP contribution in [-0.2, 0) is 65.4 Å². The van der Waals surface area contributed by atoms with E-state index in [0.29, 0.717) is 25.7 Å². The van der Waals surface area contributed by atoms with Crippen molar-refractivity contribution < 1.29 is 80.2 Å². The predicted molar refractivity (Wildman–Crippen MR) is 417 cm³/mol. The molecular formula is C83H138O17P2. The largest absolute Gasteiger partial charge is 0.472 e. The van der Waals surface area contributed by atoms with Gasteiger partial charge < -0.3 is 33.8 Å². The molecule has 0 spiro atoms. The van der Waals surface area contributed by atoms with Gasteiger partial charge in [-0.25, -0.2) is 9.13 Å². The molecule has 0 bridgehead atoms. The van der Waals surface area contributed by atoms with E-state index in [9.17, 15) is 43.2 Å². The van der Waals surface area contributed by atoms with Crippen molar-refractivity contribution in [2.75, 3.05) is 39.6 Å². The highest BCUT2D eigenvalue weighted by Gasteiger charge is 2.30. The van der Waals surface area contributed by atoms with Gasteiger partial charge in [-0.3, -0.25) is 37.3 Å². The zero-order chi connectivity index (χ0) is 74.6. The Labute approximate surface area is 617 Å². The molecule has 19 heteroatoms. The van der Waals surface area contributed by atoms with Gasteiger partial charge in [-0.1, -0.05) is 263 Å². The molecule has 0 heterocycles. The fourth-order valence-electron chi connectivity index (χ4n) is 9.90. The summed E-state index contributed by atoms with van der Waals surface area (Å²) in [6.07, 6.45) is 84.0. The van der Waals surface area contributed by atoms with Gasteiger partial charge in [-0.05, 0) is 154 Å². The van der Waals surface area contributed by atoms with Crippen molar-refractivity contribution in [3.63, 3.8) is 0 Å². The van der Waals surface area contributed by atoms with Gasteiger partial charge >= 0.3 is 39.5 Å². The summed E-state index contributed by atoms with van der Waals surface area (Å²) >= 11 is 0. The van der Waals surface area contributed by atoms with Crippen LogP contribution in [0, 0.1) is 0 Å². The molecule has 0 fully saturated rings. The minimum Gasteiger partial charge on any atom is -0.462 e. The van der Waals surface area contributed by atoms with Crippen molar-refractivity contribution >= 4 is 39.5 Å². The first-order valence-electron chi connectivity index (χ1n) is 39.1. The number of hydrogen-bond acceptors (Lipinski definition) is 15. The first kappa shape index (κ1) is 96.9. The molecule has 0 aliphatic rings. The van der Waals surface area contributed by atoms with Crippen molar-refractivity contribution in [1.29, 1.82) is 0 Å². The average molecular weight is 1470 g/mol. The number of hydrogen-bond donors (Lipinski definition) is 3. The number of rotatable bonds is 72. The van der Waals surface area contributed by atoms with Gasteiger partial charge in [0.2, 0.25) is 0 Å². The standard InChI is InChI=1S/C83H138O17P2/c1-5-9-13-17-21-25-29-32-35-37-38-40-43-45-49-52-56-60-64-68-81(86)94-74-79(100-83(88)70-66-62-58-54-50-46-41-34-31-27-23-19-15-11-7-3)76-98-102(91,92)96-72-77(84)71-95-101(89,90)97-75-78(99-82(87)69-65-61-57-53-47-28-24-20-16-12-8-4)73-93-80(85)67-63-59-55-51-48-44-42-39-36-33-30-26-22-18-14-10-6-2/h9-11,13-15,20-27,32-36,38,40-42,44,77-79,84H,5-8,12,16-19,28-31,37,39,43,45-76H2,1-4H3,(H,89,90)(H,91,92)/b13-9-,14-10-,15-11-,24-20-,25-21-,26-22-,27-23-,35-32-,36-33-,40-38-,41-34-,44-42-. The number of phosphoric ester groups is 2. The monoisotopic (exact) mass is 1470 g/mol. The molecule has 0 aromatic carbocycles. The molecule has 5 atom stereocenters.